The summed E-state index contributed by atoms with van der Waals surface area (Å²) in [4.78, 5) is 5.16. The summed E-state index contributed by atoms with van der Waals surface area (Å²) < 4.78 is 4.93. The highest BCUT2D eigenvalue weighted by Gasteiger charge is 2.45. The third-order valence-corrected chi connectivity index (χ3v) is 17.4. The minimum atomic E-state index is -0.385. The Morgan fingerprint density at radius 3 is 0.988 bits per heavy atom. The Balaban J connectivity index is 1.01. The summed E-state index contributed by atoms with van der Waals surface area (Å²) in [6, 6.07) is 106. The zero-order valence-corrected chi connectivity index (χ0v) is 44.5. The normalized spacial score (nSPS) is 12.8. The summed E-state index contributed by atoms with van der Waals surface area (Å²) in [6.45, 7) is 4.67. The molecule has 0 fully saturated rings. The lowest BCUT2D eigenvalue weighted by molar-refractivity contribution is 0.641. The van der Waals surface area contributed by atoms with E-state index in [0.717, 1.165) is 34.1 Å². The van der Waals surface area contributed by atoms with Gasteiger partial charge in [-0.2, -0.15) is 0 Å². The fourth-order valence-corrected chi connectivity index (χ4v) is 13.5. The molecule has 0 radical (unpaired) electrons. The molecule has 0 spiro atoms. The summed E-state index contributed by atoms with van der Waals surface area (Å²) in [5, 5.41) is 4.98. The molecule has 2 aromatic heterocycles. The summed E-state index contributed by atoms with van der Waals surface area (Å²) in [5.41, 5.74) is 24.5. The quantitative estimate of drug-likeness (QED) is 0.141. The summed E-state index contributed by atoms with van der Waals surface area (Å²) in [6.07, 6.45) is 0. The molecule has 4 nitrogen and oxygen atoms in total. The van der Waals surface area contributed by atoms with Gasteiger partial charge in [0.15, 0.2) is 0 Å². The van der Waals surface area contributed by atoms with E-state index in [2.05, 4.69) is 318 Å². The molecule has 0 aliphatic carbocycles. The first-order chi connectivity index (χ1) is 39.5. The van der Waals surface area contributed by atoms with E-state index in [1.165, 1.54) is 105 Å². The molecule has 376 valence electrons. The van der Waals surface area contributed by atoms with Crippen molar-refractivity contribution in [1.29, 1.82) is 0 Å². The largest absolute Gasteiger partial charge is 0.311 e. The number of aromatic nitrogens is 2. The second-order valence-corrected chi connectivity index (χ2v) is 22.1. The number of hydrogen-bond acceptors (Lipinski definition) is 2. The maximum Gasteiger partial charge on any atom is 0.252 e. The van der Waals surface area contributed by atoms with Gasteiger partial charge >= 0.3 is 0 Å². The highest BCUT2D eigenvalue weighted by Crippen LogP contribution is 2.49. The average molecular weight is 1020 g/mol. The van der Waals surface area contributed by atoms with E-state index < -0.39 is 0 Å². The number of hydrogen-bond donors (Lipinski definition) is 0. The molecular formula is C75H53BN4. The first-order valence-electron chi connectivity index (χ1n) is 27.9. The van der Waals surface area contributed by atoms with E-state index in [-0.39, 0.29) is 12.1 Å². The first kappa shape index (κ1) is 46.0. The van der Waals surface area contributed by atoms with Gasteiger partial charge in [-0.3, -0.25) is 0 Å². The predicted molar refractivity (Wildman–Crippen MR) is 339 cm³/mol. The minimum absolute atomic E-state index is 0.113. The van der Waals surface area contributed by atoms with E-state index in [4.69, 9.17) is 0 Å². The number of rotatable bonds is 8. The Morgan fingerprint density at radius 2 is 0.600 bits per heavy atom. The number of nitrogens with zero attached hydrogens (tertiary/aromatic N) is 4. The predicted octanol–water partition coefficient (Wildman–Crippen LogP) is 17.6. The molecule has 4 heterocycles. The van der Waals surface area contributed by atoms with E-state index in [9.17, 15) is 0 Å². The number of anilines is 6. The molecule has 0 unspecified atom stereocenters. The number of para-hydroxylation sites is 4. The standard InChI is InChI=1S/C75H53BN4/c1-75(2,54-24-10-5-11-25-54)55-46-72-74-73(47-55)78(57-40-36-53(37-41-57)51-22-8-4-9-23-51)71-49-59(80-68-32-18-14-28-62(68)63-29-15-19-33-69(63)80)43-45-65(71)76(74)64-44-42-58(79-66-30-16-12-26-60(66)61-27-13-17-31-67(61)79)48-70(64)77(72)56-38-34-52(35-39-56)50-20-6-3-7-21-50/h3-49H,1-2H3. The Bertz CT molecular complexity index is 4350. The Labute approximate surface area is 466 Å². The molecule has 0 atom stereocenters. The van der Waals surface area contributed by atoms with Crippen molar-refractivity contribution >= 4 is 101 Å². The third kappa shape index (κ3) is 7.03. The molecule has 0 saturated carbocycles. The van der Waals surface area contributed by atoms with Gasteiger partial charge < -0.3 is 18.9 Å². The van der Waals surface area contributed by atoms with Gasteiger partial charge in [0.05, 0.1) is 22.1 Å². The molecule has 0 amide bonds. The molecule has 16 rings (SSSR count). The smallest absolute Gasteiger partial charge is 0.252 e. The van der Waals surface area contributed by atoms with Crippen LogP contribution in [-0.4, -0.2) is 15.8 Å². The van der Waals surface area contributed by atoms with Crippen LogP contribution < -0.4 is 26.2 Å². The van der Waals surface area contributed by atoms with Crippen molar-refractivity contribution in [2.24, 2.45) is 0 Å². The molecule has 80 heavy (non-hydrogen) atoms. The fraction of sp³-hybridized carbons (Fsp3) is 0.0400. The molecule has 2 aliphatic heterocycles. The van der Waals surface area contributed by atoms with Crippen LogP contribution in [0.15, 0.2) is 285 Å². The summed E-state index contributed by atoms with van der Waals surface area (Å²) in [5.74, 6) is 0. The Morgan fingerprint density at radius 1 is 0.275 bits per heavy atom. The van der Waals surface area contributed by atoms with Crippen molar-refractivity contribution < 1.29 is 0 Å². The van der Waals surface area contributed by atoms with Crippen LogP contribution in [0.1, 0.15) is 25.0 Å². The summed E-state index contributed by atoms with van der Waals surface area (Å²) in [7, 11) is 0. The molecule has 0 saturated heterocycles. The van der Waals surface area contributed by atoms with Crippen LogP contribution in [-0.2, 0) is 5.41 Å². The molecular weight excluding hydrogens is 968 g/mol. The molecule has 14 aromatic rings. The van der Waals surface area contributed by atoms with E-state index in [1.807, 2.05) is 0 Å². The number of benzene rings is 12. The van der Waals surface area contributed by atoms with Crippen LogP contribution in [0.25, 0.3) is 77.2 Å². The van der Waals surface area contributed by atoms with Gasteiger partial charge in [0.25, 0.3) is 6.71 Å². The second kappa shape index (κ2) is 18.0. The van der Waals surface area contributed by atoms with Crippen LogP contribution in [0.4, 0.5) is 34.1 Å². The Hall–Kier alpha value is -10.1. The van der Waals surface area contributed by atoms with Crippen LogP contribution in [0.2, 0.25) is 0 Å². The highest BCUT2D eigenvalue weighted by molar-refractivity contribution is 7.00. The average Bonchev–Trinajstić information content (AvgIpc) is 4.19. The van der Waals surface area contributed by atoms with Crippen molar-refractivity contribution in [1.82, 2.24) is 9.13 Å². The van der Waals surface area contributed by atoms with Crippen molar-refractivity contribution in [3.63, 3.8) is 0 Å². The SMILES string of the molecule is CC(C)(c1ccccc1)c1cc2c3c(c1)N(c1ccc(-c4ccccc4)cc1)c1cc(-n4c5ccccc5c5ccccc54)ccc1B3c1ccc(-n3c4ccccc4c4ccccc43)cc1N2c1ccc(-c2ccccc2)cc1. The fourth-order valence-electron chi connectivity index (χ4n) is 13.5. The zero-order valence-electron chi connectivity index (χ0n) is 44.5. The topological polar surface area (TPSA) is 16.3 Å². The molecule has 5 heteroatoms. The maximum absolute atomic E-state index is 2.58. The molecule has 2 aliphatic rings. The zero-order chi connectivity index (χ0) is 53.1. The summed E-state index contributed by atoms with van der Waals surface area (Å²) >= 11 is 0. The van der Waals surface area contributed by atoms with Gasteiger partial charge in [0, 0.05) is 72.5 Å². The van der Waals surface area contributed by atoms with Gasteiger partial charge in [-0.05, 0) is 135 Å². The second-order valence-electron chi connectivity index (χ2n) is 22.1. The van der Waals surface area contributed by atoms with Gasteiger partial charge in [0.2, 0.25) is 0 Å². The van der Waals surface area contributed by atoms with Gasteiger partial charge in [-0.1, -0.05) is 214 Å². The minimum Gasteiger partial charge on any atom is -0.311 e. The molecule has 0 N–H and O–H groups in total. The van der Waals surface area contributed by atoms with Crippen LogP contribution in [0.3, 0.4) is 0 Å². The van der Waals surface area contributed by atoms with Crippen LogP contribution >= 0.6 is 0 Å². The first-order valence-corrected chi connectivity index (χ1v) is 27.9. The van der Waals surface area contributed by atoms with E-state index in [1.54, 1.807) is 0 Å². The maximum atomic E-state index is 2.58. The number of fused-ring (bicyclic) bond motifs is 10. The lowest BCUT2D eigenvalue weighted by Gasteiger charge is -2.45. The monoisotopic (exact) mass is 1020 g/mol. The lowest BCUT2D eigenvalue weighted by Crippen LogP contribution is -2.61. The highest BCUT2D eigenvalue weighted by atomic mass is 15.2. The van der Waals surface area contributed by atoms with Crippen molar-refractivity contribution in [2.45, 2.75) is 19.3 Å². The van der Waals surface area contributed by atoms with Gasteiger partial charge in [-0.25, -0.2) is 0 Å². The van der Waals surface area contributed by atoms with Gasteiger partial charge in [0.1, 0.15) is 0 Å². The van der Waals surface area contributed by atoms with Crippen molar-refractivity contribution in [3.8, 4) is 33.6 Å². The van der Waals surface area contributed by atoms with Crippen LogP contribution in [0.5, 0.6) is 0 Å². The Kier molecular flexibility index (Phi) is 10.4. The third-order valence-electron chi connectivity index (χ3n) is 17.4. The van der Waals surface area contributed by atoms with E-state index >= 15 is 0 Å². The van der Waals surface area contributed by atoms with Crippen molar-refractivity contribution in [3.05, 3.63) is 296 Å². The van der Waals surface area contributed by atoms with Gasteiger partial charge in [-0.15, -0.1) is 0 Å². The van der Waals surface area contributed by atoms with E-state index in [0.29, 0.717) is 0 Å². The lowest BCUT2D eigenvalue weighted by atomic mass is 9.33. The van der Waals surface area contributed by atoms with Crippen molar-refractivity contribution in [2.75, 3.05) is 9.80 Å². The van der Waals surface area contributed by atoms with Crippen LogP contribution in [0, 0.1) is 0 Å². The molecule has 12 aromatic carbocycles. The molecule has 0 bridgehead atoms.